The lowest BCUT2D eigenvalue weighted by Gasteiger charge is -2.08. The lowest BCUT2D eigenvalue weighted by molar-refractivity contribution is -0.139. The van der Waals surface area contributed by atoms with Crippen molar-refractivity contribution in [2.24, 2.45) is 0 Å². The first-order valence-electron chi connectivity index (χ1n) is 7.41. The van der Waals surface area contributed by atoms with E-state index in [2.05, 4.69) is 10.6 Å². The number of aryl methyl sites for hydroxylation is 1. The van der Waals surface area contributed by atoms with E-state index in [4.69, 9.17) is 0 Å². The monoisotopic (exact) mass is 314 g/mol. The second-order valence-corrected chi connectivity index (χ2v) is 5.24. The van der Waals surface area contributed by atoms with Gasteiger partial charge in [0.1, 0.15) is 5.82 Å². The van der Waals surface area contributed by atoms with Crippen molar-refractivity contribution in [1.29, 1.82) is 0 Å². The molecule has 0 atom stereocenters. The number of nitrogens with one attached hydrogen (secondary N) is 2. The molecule has 4 nitrogen and oxygen atoms in total. The predicted octanol–water partition coefficient (Wildman–Crippen LogP) is 2.11. The second kappa shape index (κ2) is 8.08. The summed E-state index contributed by atoms with van der Waals surface area (Å²) in [5.74, 6) is -1.62. The molecular weight excluding hydrogens is 295 g/mol. The van der Waals surface area contributed by atoms with Gasteiger partial charge in [0.2, 0.25) is 0 Å². The van der Waals surface area contributed by atoms with Gasteiger partial charge >= 0.3 is 11.8 Å². The van der Waals surface area contributed by atoms with E-state index in [9.17, 15) is 14.0 Å². The lowest BCUT2D eigenvalue weighted by Crippen LogP contribution is -2.40. The maximum absolute atomic E-state index is 12.8. The molecule has 0 radical (unpaired) electrons. The quantitative estimate of drug-likeness (QED) is 0.831. The Balaban J connectivity index is 1.73. The molecule has 0 saturated carbocycles. The van der Waals surface area contributed by atoms with Crippen LogP contribution in [0.5, 0.6) is 0 Å². The molecule has 5 heteroatoms. The van der Waals surface area contributed by atoms with Crippen molar-refractivity contribution >= 4 is 11.8 Å². The molecule has 0 heterocycles. The molecule has 0 saturated heterocycles. The molecule has 2 N–H and O–H groups in total. The highest BCUT2D eigenvalue weighted by atomic mass is 19.1. The second-order valence-electron chi connectivity index (χ2n) is 5.24. The van der Waals surface area contributed by atoms with E-state index in [-0.39, 0.29) is 5.82 Å². The Bertz CT molecular complexity index is 684. The first-order valence-corrected chi connectivity index (χ1v) is 7.41. The van der Waals surface area contributed by atoms with Gasteiger partial charge in [-0.1, -0.05) is 36.4 Å². The van der Waals surface area contributed by atoms with Gasteiger partial charge in [0.05, 0.1) is 0 Å². The first-order chi connectivity index (χ1) is 11.1. The van der Waals surface area contributed by atoms with Crippen LogP contribution in [0.25, 0.3) is 0 Å². The van der Waals surface area contributed by atoms with E-state index in [1.54, 1.807) is 12.1 Å². The van der Waals surface area contributed by atoms with Gasteiger partial charge in [0, 0.05) is 13.1 Å². The van der Waals surface area contributed by atoms with Crippen LogP contribution >= 0.6 is 0 Å². The van der Waals surface area contributed by atoms with Crippen LogP contribution in [-0.4, -0.2) is 18.4 Å². The minimum absolute atomic E-state index is 0.298. The maximum Gasteiger partial charge on any atom is 0.309 e. The Kier molecular flexibility index (Phi) is 5.86. The third kappa shape index (κ3) is 5.21. The molecule has 0 aromatic heterocycles. The van der Waals surface area contributed by atoms with E-state index in [1.165, 1.54) is 12.1 Å². The number of benzene rings is 2. The maximum atomic E-state index is 12.8. The van der Waals surface area contributed by atoms with Crippen molar-refractivity contribution in [2.45, 2.75) is 19.9 Å². The van der Waals surface area contributed by atoms with Crippen molar-refractivity contribution < 1.29 is 14.0 Å². The zero-order chi connectivity index (χ0) is 16.7. The van der Waals surface area contributed by atoms with Crippen LogP contribution < -0.4 is 10.6 Å². The standard InChI is InChI=1S/C18H19FN2O2/c1-13-4-2-3-5-15(13)12-21-18(23)17(22)20-11-10-14-6-8-16(19)9-7-14/h2-9H,10-12H2,1H3,(H,20,22)(H,21,23). The SMILES string of the molecule is Cc1ccccc1CNC(=O)C(=O)NCCc1ccc(F)cc1. The summed E-state index contributed by atoms with van der Waals surface area (Å²) >= 11 is 0. The molecule has 0 fully saturated rings. The van der Waals surface area contributed by atoms with Gasteiger partial charge < -0.3 is 10.6 Å². The van der Waals surface area contributed by atoms with Gasteiger partial charge in [0.25, 0.3) is 0 Å². The molecule has 0 spiro atoms. The first kappa shape index (κ1) is 16.7. The number of hydrogen-bond donors (Lipinski definition) is 2. The number of carbonyl (C=O) groups is 2. The van der Waals surface area contributed by atoms with Gasteiger partial charge in [-0.25, -0.2) is 4.39 Å². The van der Waals surface area contributed by atoms with Crippen LogP contribution in [0.3, 0.4) is 0 Å². The van der Waals surface area contributed by atoms with Crippen molar-refractivity contribution in [3.05, 3.63) is 71.0 Å². The van der Waals surface area contributed by atoms with Crippen LogP contribution in [0, 0.1) is 12.7 Å². The molecule has 0 aliphatic carbocycles. The van der Waals surface area contributed by atoms with Crippen LogP contribution in [0.15, 0.2) is 48.5 Å². The third-order valence-corrected chi connectivity index (χ3v) is 3.52. The van der Waals surface area contributed by atoms with Gasteiger partial charge in [-0.15, -0.1) is 0 Å². The highest BCUT2D eigenvalue weighted by Crippen LogP contribution is 2.06. The summed E-state index contributed by atoms with van der Waals surface area (Å²) in [6.45, 7) is 2.59. The summed E-state index contributed by atoms with van der Waals surface area (Å²) in [7, 11) is 0. The van der Waals surface area contributed by atoms with Crippen molar-refractivity contribution in [1.82, 2.24) is 10.6 Å². The van der Waals surface area contributed by atoms with Gasteiger partial charge in [-0.3, -0.25) is 9.59 Å². The summed E-state index contributed by atoms with van der Waals surface area (Å²) in [5, 5.41) is 5.15. The molecule has 2 aromatic rings. The summed E-state index contributed by atoms with van der Waals surface area (Å²) in [4.78, 5) is 23.5. The zero-order valence-electron chi connectivity index (χ0n) is 12.9. The molecular formula is C18H19FN2O2. The van der Waals surface area contributed by atoms with Crippen LogP contribution in [0.4, 0.5) is 4.39 Å². The molecule has 0 aliphatic rings. The largest absolute Gasteiger partial charge is 0.348 e. The fourth-order valence-electron chi connectivity index (χ4n) is 2.12. The molecule has 23 heavy (non-hydrogen) atoms. The van der Waals surface area contributed by atoms with E-state index >= 15 is 0 Å². The number of rotatable bonds is 5. The molecule has 2 aromatic carbocycles. The summed E-state index contributed by atoms with van der Waals surface area (Å²) in [6.07, 6.45) is 0.539. The van der Waals surface area contributed by atoms with Gasteiger partial charge in [-0.05, 0) is 42.2 Å². The van der Waals surface area contributed by atoms with Gasteiger partial charge in [0.15, 0.2) is 0 Å². The van der Waals surface area contributed by atoms with Crippen LogP contribution in [-0.2, 0) is 22.6 Å². The van der Waals surface area contributed by atoms with E-state index in [1.807, 2.05) is 31.2 Å². The topological polar surface area (TPSA) is 58.2 Å². The Hall–Kier alpha value is -2.69. The highest BCUT2D eigenvalue weighted by Gasteiger charge is 2.12. The summed E-state index contributed by atoms with van der Waals surface area (Å²) in [6, 6.07) is 13.7. The number of amides is 2. The van der Waals surface area contributed by atoms with Crippen molar-refractivity contribution in [2.75, 3.05) is 6.54 Å². The molecule has 2 amide bonds. The number of carbonyl (C=O) groups excluding carboxylic acids is 2. The fourth-order valence-corrected chi connectivity index (χ4v) is 2.12. The normalized spacial score (nSPS) is 10.2. The highest BCUT2D eigenvalue weighted by molar-refractivity contribution is 6.35. The third-order valence-electron chi connectivity index (χ3n) is 3.52. The Morgan fingerprint density at radius 1 is 0.957 bits per heavy atom. The summed E-state index contributed by atoms with van der Waals surface area (Å²) in [5.41, 5.74) is 2.93. The Morgan fingerprint density at radius 3 is 2.30 bits per heavy atom. The molecule has 120 valence electrons. The van der Waals surface area contributed by atoms with E-state index < -0.39 is 11.8 Å². The smallest absolute Gasteiger partial charge is 0.309 e. The molecule has 0 bridgehead atoms. The fraction of sp³-hybridized carbons (Fsp3) is 0.222. The Morgan fingerprint density at radius 2 is 1.61 bits per heavy atom. The van der Waals surface area contributed by atoms with E-state index in [0.717, 1.165) is 16.7 Å². The minimum Gasteiger partial charge on any atom is -0.348 e. The zero-order valence-corrected chi connectivity index (χ0v) is 12.9. The number of hydrogen-bond acceptors (Lipinski definition) is 2. The van der Waals surface area contributed by atoms with Crippen LogP contribution in [0.1, 0.15) is 16.7 Å². The number of halogens is 1. The molecule has 0 unspecified atom stereocenters. The van der Waals surface area contributed by atoms with Crippen molar-refractivity contribution in [3.63, 3.8) is 0 Å². The minimum atomic E-state index is -0.666. The predicted molar refractivity (Wildman–Crippen MR) is 86.1 cm³/mol. The average molecular weight is 314 g/mol. The van der Waals surface area contributed by atoms with Gasteiger partial charge in [-0.2, -0.15) is 0 Å². The average Bonchev–Trinajstić information content (AvgIpc) is 2.55. The summed E-state index contributed by atoms with van der Waals surface area (Å²) < 4.78 is 12.8. The Labute approximate surface area is 134 Å². The van der Waals surface area contributed by atoms with Crippen molar-refractivity contribution in [3.8, 4) is 0 Å². The lowest BCUT2D eigenvalue weighted by atomic mass is 10.1. The molecule has 0 aliphatic heterocycles. The van der Waals surface area contributed by atoms with Crippen LogP contribution in [0.2, 0.25) is 0 Å². The molecule has 2 rings (SSSR count). The van der Waals surface area contributed by atoms with E-state index in [0.29, 0.717) is 19.5 Å².